The Bertz CT molecular complexity index is 1150. The topological polar surface area (TPSA) is 117 Å². The minimum Gasteiger partial charge on any atom is -0.358 e. The first-order valence-electron chi connectivity index (χ1n) is 8.21. The molecule has 148 valence electrons. The Balaban J connectivity index is 1.41. The average molecular weight is 451 g/mol. The fraction of sp³-hybridized carbons (Fsp3) is 0.125. The van der Waals surface area contributed by atoms with Gasteiger partial charge in [-0.3, -0.25) is 4.68 Å². The summed E-state index contributed by atoms with van der Waals surface area (Å²) >= 11 is 13.7. The number of nitrogens with zero attached hydrogens (tertiary/aromatic N) is 7. The summed E-state index contributed by atoms with van der Waals surface area (Å²) in [6, 6.07) is 8.48. The van der Waals surface area contributed by atoms with Crippen LogP contribution in [0.3, 0.4) is 0 Å². The zero-order valence-corrected chi connectivity index (χ0v) is 16.9. The van der Waals surface area contributed by atoms with Crippen LogP contribution in [-0.4, -0.2) is 34.7 Å². The first kappa shape index (κ1) is 19.3. The molecule has 0 radical (unpaired) electrons. The average Bonchev–Trinajstić information content (AvgIpc) is 3.41. The van der Waals surface area contributed by atoms with Gasteiger partial charge in [-0.2, -0.15) is 9.78 Å². The minimum atomic E-state index is -0.546. The van der Waals surface area contributed by atoms with E-state index in [-0.39, 0.29) is 12.4 Å². The van der Waals surface area contributed by atoms with Crippen molar-refractivity contribution in [2.45, 2.75) is 13.1 Å². The highest BCUT2D eigenvalue weighted by atomic mass is 35.5. The van der Waals surface area contributed by atoms with E-state index in [4.69, 9.17) is 23.2 Å². The van der Waals surface area contributed by atoms with Gasteiger partial charge in [-0.05, 0) is 17.1 Å². The van der Waals surface area contributed by atoms with Crippen LogP contribution in [0.1, 0.15) is 10.6 Å². The standard InChI is InChI=1S/C16H12Cl2N8O2S/c17-11-2-1-3-12(18)10(11)8-24-6-4-13(22-24)19-16-21-20-15(29-16)9-25-7-5-14(23-25)26(27)28/h1-7H,8-9H2,(H,19,21,22). The summed E-state index contributed by atoms with van der Waals surface area (Å²) in [5.41, 5.74) is 0.789. The maximum atomic E-state index is 10.7. The number of nitrogens with one attached hydrogen (secondary N) is 1. The van der Waals surface area contributed by atoms with Gasteiger partial charge < -0.3 is 15.4 Å². The van der Waals surface area contributed by atoms with Crippen LogP contribution in [0.5, 0.6) is 0 Å². The fourth-order valence-corrected chi connectivity index (χ4v) is 3.77. The van der Waals surface area contributed by atoms with Gasteiger partial charge in [0, 0.05) is 27.9 Å². The molecule has 1 N–H and O–H groups in total. The van der Waals surface area contributed by atoms with Crippen molar-refractivity contribution in [1.82, 2.24) is 29.8 Å². The van der Waals surface area contributed by atoms with Gasteiger partial charge in [0.05, 0.1) is 23.9 Å². The molecular formula is C16H12Cl2N8O2S. The van der Waals surface area contributed by atoms with E-state index in [0.29, 0.717) is 32.5 Å². The second-order valence-electron chi connectivity index (χ2n) is 5.85. The number of halogens is 2. The van der Waals surface area contributed by atoms with Crippen LogP contribution in [0.15, 0.2) is 42.7 Å². The van der Waals surface area contributed by atoms with E-state index in [9.17, 15) is 10.1 Å². The highest BCUT2D eigenvalue weighted by Crippen LogP contribution is 2.26. The van der Waals surface area contributed by atoms with Crippen LogP contribution >= 0.6 is 34.5 Å². The smallest absolute Gasteiger partial charge is 0.358 e. The van der Waals surface area contributed by atoms with Crippen LogP contribution in [0.2, 0.25) is 10.0 Å². The number of rotatable bonds is 7. The van der Waals surface area contributed by atoms with Crippen molar-refractivity contribution >= 4 is 51.3 Å². The molecule has 0 spiro atoms. The Kier molecular flexibility index (Phi) is 5.43. The third kappa shape index (κ3) is 4.53. The zero-order valence-electron chi connectivity index (χ0n) is 14.6. The Hall–Kier alpha value is -3.02. The molecule has 29 heavy (non-hydrogen) atoms. The van der Waals surface area contributed by atoms with E-state index in [2.05, 4.69) is 25.7 Å². The van der Waals surface area contributed by atoms with Gasteiger partial charge >= 0.3 is 5.82 Å². The van der Waals surface area contributed by atoms with Crippen molar-refractivity contribution in [2.75, 3.05) is 5.32 Å². The number of anilines is 2. The molecule has 1 aromatic carbocycles. The fourth-order valence-electron chi connectivity index (χ4n) is 2.51. The first-order chi connectivity index (χ1) is 14.0. The lowest BCUT2D eigenvalue weighted by Gasteiger charge is -2.06. The molecule has 4 aromatic rings. The molecule has 4 rings (SSSR count). The molecule has 0 amide bonds. The number of nitro groups is 1. The molecule has 0 atom stereocenters. The van der Waals surface area contributed by atoms with Crippen molar-refractivity contribution in [3.05, 3.63) is 73.5 Å². The van der Waals surface area contributed by atoms with Gasteiger partial charge in [-0.25, -0.2) is 0 Å². The highest BCUT2D eigenvalue weighted by Gasteiger charge is 2.14. The first-order valence-corrected chi connectivity index (χ1v) is 9.79. The molecule has 0 aliphatic carbocycles. The lowest BCUT2D eigenvalue weighted by Crippen LogP contribution is -2.02. The van der Waals surface area contributed by atoms with Crippen molar-refractivity contribution in [3.63, 3.8) is 0 Å². The number of hydrogen-bond donors (Lipinski definition) is 1. The van der Waals surface area contributed by atoms with Crippen LogP contribution in [-0.2, 0) is 13.1 Å². The summed E-state index contributed by atoms with van der Waals surface area (Å²) in [5, 5.41) is 32.5. The van der Waals surface area contributed by atoms with Gasteiger partial charge in [-0.1, -0.05) is 40.6 Å². The normalized spacial score (nSPS) is 11.0. The summed E-state index contributed by atoms with van der Waals surface area (Å²) in [7, 11) is 0. The number of benzene rings is 1. The maximum absolute atomic E-state index is 10.7. The summed E-state index contributed by atoms with van der Waals surface area (Å²) in [5.74, 6) is 0.377. The number of hydrogen-bond acceptors (Lipinski definition) is 8. The van der Waals surface area contributed by atoms with Crippen molar-refractivity contribution in [3.8, 4) is 0 Å². The summed E-state index contributed by atoms with van der Waals surface area (Å²) in [6.45, 7) is 0.715. The Morgan fingerprint density at radius 3 is 2.48 bits per heavy atom. The molecule has 0 bridgehead atoms. The Morgan fingerprint density at radius 2 is 1.76 bits per heavy atom. The monoisotopic (exact) mass is 450 g/mol. The Morgan fingerprint density at radius 1 is 1.03 bits per heavy atom. The van der Waals surface area contributed by atoms with E-state index >= 15 is 0 Å². The van der Waals surface area contributed by atoms with E-state index in [1.807, 2.05) is 0 Å². The second kappa shape index (κ2) is 8.15. The van der Waals surface area contributed by atoms with E-state index in [1.165, 1.54) is 28.3 Å². The molecule has 0 aliphatic rings. The Labute approximate surface area is 177 Å². The molecular weight excluding hydrogens is 439 g/mol. The van der Waals surface area contributed by atoms with Gasteiger partial charge in [0.2, 0.25) is 5.13 Å². The van der Waals surface area contributed by atoms with Crippen molar-refractivity contribution in [2.24, 2.45) is 0 Å². The summed E-state index contributed by atoms with van der Waals surface area (Å²) < 4.78 is 3.14. The van der Waals surface area contributed by atoms with E-state index in [1.54, 1.807) is 35.1 Å². The molecule has 0 aliphatic heterocycles. The molecule has 10 nitrogen and oxygen atoms in total. The molecule has 3 aromatic heterocycles. The molecule has 0 fully saturated rings. The quantitative estimate of drug-likeness (QED) is 0.334. The lowest BCUT2D eigenvalue weighted by atomic mass is 10.2. The predicted molar refractivity (Wildman–Crippen MR) is 109 cm³/mol. The van der Waals surface area contributed by atoms with Gasteiger partial charge in [0.15, 0.2) is 5.82 Å². The SMILES string of the molecule is O=[N+]([O-])c1ccn(Cc2nnc(Nc3ccn(Cc4c(Cl)cccc4Cl)n3)s2)n1. The van der Waals surface area contributed by atoms with Gasteiger partial charge in [-0.15, -0.1) is 10.2 Å². The molecule has 0 saturated carbocycles. The van der Waals surface area contributed by atoms with Gasteiger partial charge in [0.25, 0.3) is 0 Å². The van der Waals surface area contributed by atoms with Crippen LogP contribution in [0.4, 0.5) is 16.8 Å². The lowest BCUT2D eigenvalue weighted by molar-refractivity contribution is -0.389. The van der Waals surface area contributed by atoms with Crippen LogP contribution < -0.4 is 5.32 Å². The van der Waals surface area contributed by atoms with Crippen LogP contribution in [0.25, 0.3) is 0 Å². The summed E-state index contributed by atoms with van der Waals surface area (Å²) in [6.07, 6.45) is 3.32. The molecule has 0 unspecified atom stereocenters. The minimum absolute atomic E-state index is 0.211. The molecule has 3 heterocycles. The second-order valence-corrected chi connectivity index (χ2v) is 7.73. The van der Waals surface area contributed by atoms with E-state index in [0.717, 1.165) is 5.56 Å². The van der Waals surface area contributed by atoms with Crippen molar-refractivity contribution in [1.29, 1.82) is 0 Å². The molecule has 0 saturated heterocycles. The summed E-state index contributed by atoms with van der Waals surface area (Å²) in [4.78, 5) is 10.2. The predicted octanol–water partition coefficient (Wildman–Crippen LogP) is 3.99. The van der Waals surface area contributed by atoms with Crippen molar-refractivity contribution < 1.29 is 4.92 Å². The largest absolute Gasteiger partial charge is 0.389 e. The third-order valence-corrected chi connectivity index (χ3v) is 5.37. The highest BCUT2D eigenvalue weighted by molar-refractivity contribution is 7.15. The number of aromatic nitrogens is 6. The molecule has 13 heteroatoms. The van der Waals surface area contributed by atoms with E-state index < -0.39 is 4.92 Å². The maximum Gasteiger partial charge on any atom is 0.389 e. The van der Waals surface area contributed by atoms with Gasteiger partial charge in [0.1, 0.15) is 11.6 Å². The van der Waals surface area contributed by atoms with Crippen LogP contribution in [0, 0.1) is 10.1 Å². The zero-order chi connectivity index (χ0) is 20.4. The third-order valence-electron chi connectivity index (χ3n) is 3.84.